The minimum atomic E-state index is -0.186. The third kappa shape index (κ3) is 7.12. The molecule has 1 saturated heterocycles. The summed E-state index contributed by atoms with van der Waals surface area (Å²) in [6.07, 6.45) is 0.979. The summed E-state index contributed by atoms with van der Waals surface area (Å²) in [6, 6.07) is 9.28. The van der Waals surface area contributed by atoms with E-state index in [4.69, 9.17) is 10.5 Å². The Kier molecular flexibility index (Phi) is 7.35. The number of nitrogens with two attached hydrogens (primary N) is 1. The maximum absolute atomic E-state index is 11.7. The van der Waals surface area contributed by atoms with Gasteiger partial charge in [-0.2, -0.15) is 0 Å². The van der Waals surface area contributed by atoms with Gasteiger partial charge >= 0.3 is 0 Å². The molecule has 1 aromatic carbocycles. The van der Waals surface area contributed by atoms with Gasteiger partial charge in [0.25, 0.3) is 0 Å². The molecule has 1 aliphatic rings. The monoisotopic (exact) mass is 319 g/mol. The Morgan fingerprint density at radius 2 is 2.00 bits per heavy atom. The largest absolute Gasteiger partial charge is 0.379 e. The first-order valence-electron chi connectivity index (χ1n) is 7.93. The van der Waals surface area contributed by atoms with Crippen molar-refractivity contribution in [2.75, 3.05) is 51.3 Å². The molecule has 0 aromatic heterocycles. The number of nitrogens with one attached hydrogen (secondary N) is 2. The second-order valence-electron chi connectivity index (χ2n) is 5.35. The second kappa shape index (κ2) is 9.81. The number of guanidine groups is 1. The van der Waals surface area contributed by atoms with Crippen molar-refractivity contribution in [2.24, 2.45) is 10.7 Å². The van der Waals surface area contributed by atoms with Gasteiger partial charge in [0.15, 0.2) is 5.96 Å². The predicted molar refractivity (Wildman–Crippen MR) is 91.4 cm³/mol. The van der Waals surface area contributed by atoms with Crippen molar-refractivity contribution in [1.82, 2.24) is 10.2 Å². The molecule has 23 heavy (non-hydrogen) atoms. The molecular weight excluding hydrogens is 294 g/mol. The summed E-state index contributed by atoms with van der Waals surface area (Å²) in [5.74, 6) is 0.115. The molecule has 7 heteroatoms. The fourth-order valence-electron chi connectivity index (χ4n) is 2.28. The summed E-state index contributed by atoms with van der Waals surface area (Å²) >= 11 is 0. The molecule has 0 unspecified atom stereocenters. The van der Waals surface area contributed by atoms with Crippen molar-refractivity contribution in [3.8, 4) is 0 Å². The molecule has 1 fully saturated rings. The summed E-state index contributed by atoms with van der Waals surface area (Å²) in [5, 5.41) is 5.79. The van der Waals surface area contributed by atoms with Crippen LogP contribution in [0.25, 0.3) is 0 Å². The highest BCUT2D eigenvalue weighted by Gasteiger charge is 2.09. The van der Waals surface area contributed by atoms with E-state index in [0.29, 0.717) is 5.96 Å². The number of ether oxygens (including phenoxy) is 1. The van der Waals surface area contributed by atoms with Gasteiger partial charge in [-0.3, -0.25) is 9.69 Å². The lowest BCUT2D eigenvalue weighted by atomic mass is 10.3. The van der Waals surface area contributed by atoms with Crippen molar-refractivity contribution in [3.63, 3.8) is 0 Å². The highest BCUT2D eigenvalue weighted by Crippen LogP contribution is 2.04. The molecule has 1 aliphatic heterocycles. The van der Waals surface area contributed by atoms with Gasteiger partial charge in [0.2, 0.25) is 5.91 Å². The molecule has 0 saturated carbocycles. The first kappa shape index (κ1) is 17.2. The van der Waals surface area contributed by atoms with Crippen LogP contribution in [0.3, 0.4) is 0 Å². The first-order chi connectivity index (χ1) is 11.2. The number of aliphatic imine (C=N–C) groups is 1. The Hall–Kier alpha value is -2.12. The van der Waals surface area contributed by atoms with Gasteiger partial charge in [0, 0.05) is 25.3 Å². The number of para-hydroxylation sites is 1. The zero-order valence-corrected chi connectivity index (χ0v) is 13.3. The number of amides is 1. The number of carbonyl (C=O) groups excluding carboxylic acids is 1. The van der Waals surface area contributed by atoms with Gasteiger partial charge in [0.05, 0.1) is 13.2 Å². The zero-order chi connectivity index (χ0) is 16.3. The van der Waals surface area contributed by atoms with E-state index in [1.165, 1.54) is 0 Å². The molecule has 1 amide bonds. The highest BCUT2D eigenvalue weighted by molar-refractivity contribution is 5.93. The van der Waals surface area contributed by atoms with Gasteiger partial charge in [-0.25, -0.2) is 4.99 Å². The van der Waals surface area contributed by atoms with E-state index in [0.717, 1.165) is 51.5 Å². The van der Waals surface area contributed by atoms with E-state index in [2.05, 4.69) is 20.5 Å². The molecule has 0 atom stereocenters. The molecule has 4 N–H and O–H groups in total. The van der Waals surface area contributed by atoms with Crippen LogP contribution in [-0.2, 0) is 9.53 Å². The Morgan fingerprint density at radius 3 is 2.74 bits per heavy atom. The average Bonchev–Trinajstić information content (AvgIpc) is 2.59. The number of carbonyl (C=O) groups is 1. The van der Waals surface area contributed by atoms with Gasteiger partial charge in [0.1, 0.15) is 6.54 Å². The minimum absolute atomic E-state index is 0.0111. The maximum Gasteiger partial charge on any atom is 0.246 e. The van der Waals surface area contributed by atoms with Crippen LogP contribution in [0.2, 0.25) is 0 Å². The maximum atomic E-state index is 11.7. The van der Waals surface area contributed by atoms with Crippen LogP contribution < -0.4 is 16.4 Å². The van der Waals surface area contributed by atoms with Crippen molar-refractivity contribution < 1.29 is 9.53 Å². The average molecular weight is 319 g/mol. The predicted octanol–water partition coefficient (Wildman–Crippen LogP) is 0.252. The molecule has 126 valence electrons. The number of morpholine rings is 1. The quantitative estimate of drug-likeness (QED) is 0.381. The third-order valence-electron chi connectivity index (χ3n) is 3.51. The lowest BCUT2D eigenvalue weighted by Gasteiger charge is -2.26. The van der Waals surface area contributed by atoms with Crippen LogP contribution in [0.4, 0.5) is 5.69 Å². The summed E-state index contributed by atoms with van der Waals surface area (Å²) in [4.78, 5) is 18.1. The molecule has 1 heterocycles. The fourth-order valence-corrected chi connectivity index (χ4v) is 2.28. The van der Waals surface area contributed by atoms with E-state index in [-0.39, 0.29) is 12.5 Å². The summed E-state index contributed by atoms with van der Waals surface area (Å²) in [5.41, 5.74) is 6.51. The number of hydrogen-bond acceptors (Lipinski definition) is 4. The zero-order valence-electron chi connectivity index (χ0n) is 13.3. The van der Waals surface area contributed by atoms with E-state index in [1.54, 1.807) is 0 Å². The van der Waals surface area contributed by atoms with E-state index in [1.807, 2.05) is 30.3 Å². The Labute approximate surface area is 136 Å². The van der Waals surface area contributed by atoms with Crippen LogP contribution >= 0.6 is 0 Å². The normalized spacial score (nSPS) is 16.1. The van der Waals surface area contributed by atoms with Gasteiger partial charge < -0.3 is 21.1 Å². The number of rotatable bonds is 7. The Bertz CT molecular complexity index is 500. The smallest absolute Gasteiger partial charge is 0.246 e. The summed E-state index contributed by atoms with van der Waals surface area (Å²) < 4.78 is 5.31. The third-order valence-corrected chi connectivity index (χ3v) is 3.51. The fraction of sp³-hybridized carbons (Fsp3) is 0.500. The lowest BCUT2D eigenvalue weighted by Crippen LogP contribution is -2.39. The number of anilines is 1. The second-order valence-corrected chi connectivity index (χ2v) is 5.35. The molecule has 0 spiro atoms. The molecule has 0 radical (unpaired) electrons. The van der Waals surface area contributed by atoms with E-state index >= 15 is 0 Å². The number of nitrogens with zero attached hydrogens (tertiary/aromatic N) is 2. The van der Waals surface area contributed by atoms with Crippen molar-refractivity contribution in [2.45, 2.75) is 6.42 Å². The van der Waals surface area contributed by atoms with Crippen LogP contribution in [0.1, 0.15) is 6.42 Å². The topological polar surface area (TPSA) is 92.0 Å². The lowest BCUT2D eigenvalue weighted by molar-refractivity contribution is -0.114. The van der Waals surface area contributed by atoms with Crippen LogP contribution in [0.15, 0.2) is 35.3 Å². The van der Waals surface area contributed by atoms with Crippen molar-refractivity contribution >= 4 is 17.6 Å². The summed E-state index contributed by atoms with van der Waals surface area (Å²) in [7, 11) is 0. The molecule has 1 aromatic rings. The minimum Gasteiger partial charge on any atom is -0.379 e. The Morgan fingerprint density at radius 1 is 1.26 bits per heavy atom. The van der Waals surface area contributed by atoms with Crippen LogP contribution in [0, 0.1) is 0 Å². The van der Waals surface area contributed by atoms with Crippen molar-refractivity contribution in [1.29, 1.82) is 0 Å². The molecule has 2 rings (SSSR count). The molecule has 0 aliphatic carbocycles. The number of hydrogen-bond donors (Lipinski definition) is 3. The Balaban J connectivity index is 1.58. The molecular formula is C16H25N5O2. The van der Waals surface area contributed by atoms with Crippen LogP contribution in [0.5, 0.6) is 0 Å². The highest BCUT2D eigenvalue weighted by atomic mass is 16.5. The number of benzene rings is 1. The molecule has 0 bridgehead atoms. The first-order valence-corrected chi connectivity index (χ1v) is 7.93. The molecule has 7 nitrogen and oxygen atoms in total. The van der Waals surface area contributed by atoms with Crippen LogP contribution in [-0.4, -0.2) is 62.7 Å². The van der Waals surface area contributed by atoms with E-state index in [9.17, 15) is 4.79 Å². The van der Waals surface area contributed by atoms with E-state index < -0.39 is 0 Å². The van der Waals surface area contributed by atoms with Gasteiger partial charge in [-0.1, -0.05) is 18.2 Å². The van der Waals surface area contributed by atoms with Crippen molar-refractivity contribution in [3.05, 3.63) is 30.3 Å². The summed E-state index contributed by atoms with van der Waals surface area (Å²) in [6.45, 7) is 5.37. The van der Waals surface area contributed by atoms with Gasteiger partial charge in [-0.15, -0.1) is 0 Å². The SMILES string of the molecule is NC(=NCC(=O)Nc1ccccc1)NCCCN1CCOCC1. The van der Waals surface area contributed by atoms with Gasteiger partial charge in [-0.05, 0) is 25.1 Å². The standard InChI is InChI=1S/C16H25N5O2/c17-16(18-7-4-8-21-9-11-23-12-10-21)19-13-15(22)20-14-5-2-1-3-6-14/h1-3,5-6H,4,7-13H2,(H,20,22)(H3,17,18,19).